The normalized spacial score (nSPS) is 11.3. The largest absolute Gasteiger partial charge is 0.261 e. The number of hydrogen-bond acceptors (Lipinski definition) is 2. The van der Waals surface area contributed by atoms with Gasteiger partial charge in [0.05, 0.1) is 0 Å². The van der Waals surface area contributed by atoms with Crippen LogP contribution in [0.3, 0.4) is 0 Å². The molecule has 15 heavy (non-hydrogen) atoms. The molecular weight excluding hydrogens is 202 g/mol. The summed E-state index contributed by atoms with van der Waals surface area (Å²) < 4.78 is 3.35. The van der Waals surface area contributed by atoms with E-state index in [4.69, 9.17) is 0 Å². The van der Waals surface area contributed by atoms with Crippen molar-refractivity contribution in [1.29, 1.82) is 0 Å². The minimum Gasteiger partial charge on any atom is -0.261 e. The molecule has 1 aromatic carbocycles. The zero-order chi connectivity index (χ0) is 11.3. The second kappa shape index (κ2) is 6.19. The third kappa shape index (κ3) is 4.72. The summed E-state index contributed by atoms with van der Waals surface area (Å²) in [5, 5.41) is 0. The van der Waals surface area contributed by atoms with Gasteiger partial charge in [0, 0.05) is 11.8 Å². The summed E-state index contributed by atoms with van der Waals surface area (Å²) in [7, 11) is 0. The van der Waals surface area contributed by atoms with E-state index in [0.29, 0.717) is 12.0 Å². The SMILES string of the molecule is CC(C)NSCc1ccc(C(C)C)cc1. The Hall–Kier alpha value is -0.470. The molecule has 0 saturated carbocycles. The highest BCUT2D eigenvalue weighted by Crippen LogP contribution is 2.16. The molecule has 0 fully saturated rings. The monoisotopic (exact) mass is 223 g/mol. The molecule has 1 nitrogen and oxygen atoms in total. The Kier molecular flexibility index (Phi) is 5.20. The van der Waals surface area contributed by atoms with Crippen molar-refractivity contribution in [2.75, 3.05) is 0 Å². The maximum atomic E-state index is 3.35. The van der Waals surface area contributed by atoms with Gasteiger partial charge in [-0.1, -0.05) is 50.1 Å². The molecular formula is C13H21NS. The molecule has 1 rings (SSSR count). The minimum absolute atomic E-state index is 0.546. The first kappa shape index (κ1) is 12.6. The van der Waals surface area contributed by atoms with Crippen molar-refractivity contribution >= 4 is 11.9 Å². The molecule has 0 heterocycles. The Balaban J connectivity index is 2.43. The fraction of sp³-hybridized carbons (Fsp3) is 0.538. The van der Waals surface area contributed by atoms with Gasteiger partial charge in [0.1, 0.15) is 0 Å². The molecule has 0 saturated heterocycles. The zero-order valence-corrected chi connectivity index (χ0v) is 10.9. The highest BCUT2D eigenvalue weighted by Gasteiger charge is 1.99. The predicted molar refractivity (Wildman–Crippen MR) is 70.1 cm³/mol. The first-order chi connectivity index (χ1) is 7.09. The number of nitrogens with one attached hydrogen (secondary N) is 1. The Bertz CT molecular complexity index is 277. The molecule has 0 aromatic heterocycles. The molecule has 84 valence electrons. The van der Waals surface area contributed by atoms with E-state index in [0.717, 1.165) is 5.75 Å². The van der Waals surface area contributed by atoms with Crippen molar-refractivity contribution in [3.05, 3.63) is 35.4 Å². The van der Waals surface area contributed by atoms with E-state index in [1.54, 1.807) is 11.9 Å². The lowest BCUT2D eigenvalue weighted by molar-refractivity contribution is 0.770. The average molecular weight is 223 g/mol. The van der Waals surface area contributed by atoms with Gasteiger partial charge >= 0.3 is 0 Å². The maximum absolute atomic E-state index is 3.35. The smallest absolute Gasteiger partial charge is 0.0330 e. The first-order valence-corrected chi connectivity index (χ1v) is 6.54. The van der Waals surface area contributed by atoms with Gasteiger partial charge in [-0.15, -0.1) is 0 Å². The standard InChI is InChI=1S/C13H21NS/c1-10(2)13-7-5-12(6-8-13)9-15-14-11(3)4/h5-8,10-11,14H,9H2,1-4H3. The van der Waals surface area contributed by atoms with Crippen molar-refractivity contribution in [1.82, 2.24) is 4.72 Å². The van der Waals surface area contributed by atoms with E-state index in [2.05, 4.69) is 56.7 Å². The topological polar surface area (TPSA) is 12.0 Å². The van der Waals surface area contributed by atoms with Crippen LogP contribution in [-0.4, -0.2) is 6.04 Å². The van der Waals surface area contributed by atoms with E-state index >= 15 is 0 Å². The van der Waals surface area contributed by atoms with Crippen LogP contribution in [0.4, 0.5) is 0 Å². The number of rotatable bonds is 5. The third-order valence-electron chi connectivity index (χ3n) is 2.20. The summed E-state index contributed by atoms with van der Waals surface area (Å²) in [6.45, 7) is 8.78. The van der Waals surface area contributed by atoms with Crippen LogP contribution in [0.2, 0.25) is 0 Å². The number of benzene rings is 1. The highest BCUT2D eigenvalue weighted by molar-refractivity contribution is 7.96. The van der Waals surface area contributed by atoms with Gasteiger partial charge in [0.2, 0.25) is 0 Å². The van der Waals surface area contributed by atoms with Crippen LogP contribution >= 0.6 is 11.9 Å². The van der Waals surface area contributed by atoms with Crippen LogP contribution in [0.15, 0.2) is 24.3 Å². The maximum Gasteiger partial charge on any atom is 0.0330 e. The van der Waals surface area contributed by atoms with Crippen molar-refractivity contribution < 1.29 is 0 Å². The molecule has 0 radical (unpaired) electrons. The summed E-state index contributed by atoms with van der Waals surface area (Å²) in [5.41, 5.74) is 2.80. The third-order valence-corrected chi connectivity index (χ3v) is 3.32. The number of hydrogen-bond donors (Lipinski definition) is 1. The first-order valence-electron chi connectivity index (χ1n) is 5.55. The van der Waals surface area contributed by atoms with Gasteiger partial charge < -0.3 is 0 Å². The summed E-state index contributed by atoms with van der Waals surface area (Å²) in [5.74, 6) is 1.66. The van der Waals surface area contributed by atoms with E-state index in [-0.39, 0.29) is 0 Å². The lowest BCUT2D eigenvalue weighted by Gasteiger charge is -2.08. The summed E-state index contributed by atoms with van der Waals surface area (Å²) >= 11 is 1.78. The molecule has 1 N–H and O–H groups in total. The lowest BCUT2D eigenvalue weighted by Crippen LogP contribution is -2.14. The molecule has 0 atom stereocenters. The zero-order valence-electron chi connectivity index (χ0n) is 10.1. The Morgan fingerprint density at radius 1 is 1.07 bits per heavy atom. The second-order valence-electron chi connectivity index (χ2n) is 4.46. The fourth-order valence-corrected chi connectivity index (χ4v) is 2.07. The summed E-state index contributed by atoms with van der Waals surface area (Å²) in [6.07, 6.45) is 0. The summed E-state index contributed by atoms with van der Waals surface area (Å²) in [4.78, 5) is 0. The molecule has 1 aromatic rings. The van der Waals surface area contributed by atoms with Crippen LogP contribution < -0.4 is 4.72 Å². The molecule has 0 aliphatic heterocycles. The highest BCUT2D eigenvalue weighted by atomic mass is 32.2. The Morgan fingerprint density at radius 3 is 2.13 bits per heavy atom. The lowest BCUT2D eigenvalue weighted by atomic mass is 10.0. The Labute approximate surface area is 97.8 Å². The van der Waals surface area contributed by atoms with Crippen LogP contribution in [0, 0.1) is 0 Å². The van der Waals surface area contributed by atoms with E-state index < -0.39 is 0 Å². The fourth-order valence-electron chi connectivity index (χ4n) is 1.29. The molecule has 0 amide bonds. The van der Waals surface area contributed by atoms with Gasteiger partial charge in [-0.2, -0.15) is 0 Å². The van der Waals surface area contributed by atoms with Crippen molar-refractivity contribution in [3.8, 4) is 0 Å². The van der Waals surface area contributed by atoms with E-state index in [9.17, 15) is 0 Å². The van der Waals surface area contributed by atoms with Crippen LogP contribution in [-0.2, 0) is 5.75 Å². The van der Waals surface area contributed by atoms with Crippen molar-refractivity contribution in [2.45, 2.75) is 45.4 Å². The molecule has 0 unspecified atom stereocenters. The van der Waals surface area contributed by atoms with E-state index in [1.165, 1.54) is 11.1 Å². The molecule has 0 aliphatic carbocycles. The molecule has 2 heteroatoms. The van der Waals surface area contributed by atoms with Gasteiger partial charge in [0.25, 0.3) is 0 Å². The van der Waals surface area contributed by atoms with Crippen LogP contribution in [0.5, 0.6) is 0 Å². The van der Waals surface area contributed by atoms with Crippen LogP contribution in [0.25, 0.3) is 0 Å². The Morgan fingerprint density at radius 2 is 1.67 bits per heavy atom. The van der Waals surface area contributed by atoms with Crippen molar-refractivity contribution in [3.63, 3.8) is 0 Å². The summed E-state index contributed by atoms with van der Waals surface area (Å²) in [6, 6.07) is 9.46. The van der Waals surface area contributed by atoms with Gasteiger partial charge in [-0.3, -0.25) is 4.72 Å². The van der Waals surface area contributed by atoms with Gasteiger partial charge in [0.15, 0.2) is 0 Å². The van der Waals surface area contributed by atoms with E-state index in [1.807, 2.05) is 0 Å². The van der Waals surface area contributed by atoms with Crippen LogP contribution in [0.1, 0.15) is 44.7 Å². The minimum atomic E-state index is 0.546. The van der Waals surface area contributed by atoms with Gasteiger partial charge in [-0.25, -0.2) is 0 Å². The molecule has 0 spiro atoms. The molecule has 0 bridgehead atoms. The average Bonchev–Trinajstić information content (AvgIpc) is 2.18. The predicted octanol–water partition coefficient (Wildman–Crippen LogP) is 3.96. The van der Waals surface area contributed by atoms with Crippen molar-refractivity contribution in [2.24, 2.45) is 0 Å². The second-order valence-corrected chi connectivity index (χ2v) is 5.27. The van der Waals surface area contributed by atoms with Gasteiger partial charge in [-0.05, 0) is 30.9 Å². The molecule has 0 aliphatic rings. The quantitative estimate of drug-likeness (QED) is 0.758.